The van der Waals surface area contributed by atoms with Crippen molar-refractivity contribution in [2.24, 2.45) is 5.73 Å². The Kier molecular flexibility index (Phi) is 3.94. The Labute approximate surface area is 107 Å². The maximum Gasteiger partial charge on any atom is 0.219 e. The topological polar surface area (TPSA) is 66.0 Å². The number of aryl methyl sites for hydroxylation is 1. The minimum atomic E-state index is -0.0149. The molecule has 0 bridgehead atoms. The Morgan fingerprint density at radius 3 is 2.83 bits per heavy atom. The van der Waals surface area contributed by atoms with Crippen LogP contribution in [0.5, 0.6) is 11.6 Å². The second-order valence-corrected chi connectivity index (χ2v) is 4.26. The Bertz CT molecular complexity index is 490. The summed E-state index contributed by atoms with van der Waals surface area (Å²) < 4.78 is 7.46. The van der Waals surface area contributed by atoms with E-state index in [1.165, 1.54) is 0 Å². The van der Waals surface area contributed by atoms with Crippen LogP contribution >= 0.6 is 0 Å². The first kappa shape index (κ1) is 12.6. The Hall–Kier alpha value is -1.88. The lowest BCUT2D eigenvalue weighted by Gasteiger charge is -2.06. The summed E-state index contributed by atoms with van der Waals surface area (Å²) in [5.41, 5.74) is 6.75. The number of aromatic nitrogens is 3. The van der Waals surface area contributed by atoms with Gasteiger partial charge in [-0.15, -0.1) is 0 Å². The molecule has 2 aromatic rings. The lowest BCUT2D eigenvalue weighted by atomic mass is 10.2. The number of nitrogens with two attached hydrogens (primary N) is 1. The first-order valence-corrected chi connectivity index (χ1v) is 6.11. The summed E-state index contributed by atoms with van der Waals surface area (Å²) in [4.78, 5) is 4.21. The number of hydrogen-bond acceptors (Lipinski definition) is 4. The number of ether oxygens (including phenoxy) is 1. The molecule has 18 heavy (non-hydrogen) atoms. The standard InChI is InChI=1S/C13H18N4O/c1-3-6-17-9-12(8-16-17)18-13-5-4-11(7-15-13)10(2)14/h4-5,7-10H,3,6,14H2,1-2H3. The van der Waals surface area contributed by atoms with Crippen LogP contribution in [-0.4, -0.2) is 14.8 Å². The summed E-state index contributed by atoms with van der Waals surface area (Å²) in [6.07, 6.45) is 6.33. The lowest BCUT2D eigenvalue weighted by molar-refractivity contribution is 0.460. The van der Waals surface area contributed by atoms with Crippen LogP contribution in [0, 0.1) is 0 Å². The van der Waals surface area contributed by atoms with Gasteiger partial charge in [-0.1, -0.05) is 13.0 Å². The van der Waals surface area contributed by atoms with Crippen molar-refractivity contribution in [1.82, 2.24) is 14.8 Å². The number of nitrogens with zero attached hydrogens (tertiary/aromatic N) is 3. The average Bonchev–Trinajstić information content (AvgIpc) is 2.78. The van der Waals surface area contributed by atoms with Crippen LogP contribution in [0.1, 0.15) is 31.9 Å². The van der Waals surface area contributed by atoms with Crippen molar-refractivity contribution >= 4 is 0 Å². The van der Waals surface area contributed by atoms with Gasteiger partial charge in [0.25, 0.3) is 0 Å². The molecule has 0 aromatic carbocycles. The van der Waals surface area contributed by atoms with Crippen LogP contribution in [0.4, 0.5) is 0 Å². The van der Waals surface area contributed by atoms with Gasteiger partial charge < -0.3 is 10.5 Å². The van der Waals surface area contributed by atoms with E-state index in [1.807, 2.05) is 29.9 Å². The smallest absolute Gasteiger partial charge is 0.219 e. The third-order valence-corrected chi connectivity index (χ3v) is 2.57. The second-order valence-electron chi connectivity index (χ2n) is 4.26. The Morgan fingerprint density at radius 2 is 2.22 bits per heavy atom. The van der Waals surface area contributed by atoms with Gasteiger partial charge in [0.15, 0.2) is 5.75 Å². The fraction of sp³-hybridized carbons (Fsp3) is 0.385. The molecule has 1 atom stereocenters. The Balaban J connectivity index is 2.03. The molecule has 5 heteroatoms. The van der Waals surface area contributed by atoms with Gasteiger partial charge in [-0.25, -0.2) is 4.98 Å². The molecule has 0 aliphatic rings. The molecule has 2 heterocycles. The van der Waals surface area contributed by atoms with Crippen molar-refractivity contribution in [2.75, 3.05) is 0 Å². The van der Waals surface area contributed by atoms with E-state index >= 15 is 0 Å². The van der Waals surface area contributed by atoms with E-state index in [-0.39, 0.29) is 6.04 Å². The van der Waals surface area contributed by atoms with Crippen molar-refractivity contribution in [3.8, 4) is 11.6 Å². The molecule has 0 aliphatic heterocycles. The van der Waals surface area contributed by atoms with E-state index < -0.39 is 0 Å². The van der Waals surface area contributed by atoms with Gasteiger partial charge >= 0.3 is 0 Å². The normalized spacial score (nSPS) is 12.4. The molecule has 2 rings (SSSR count). The highest BCUT2D eigenvalue weighted by molar-refractivity contribution is 5.24. The summed E-state index contributed by atoms with van der Waals surface area (Å²) in [6.45, 7) is 4.92. The van der Waals surface area contributed by atoms with Gasteiger partial charge in [0.2, 0.25) is 5.88 Å². The van der Waals surface area contributed by atoms with Gasteiger partial charge in [-0.05, 0) is 18.9 Å². The molecular weight excluding hydrogens is 228 g/mol. The molecule has 0 amide bonds. The van der Waals surface area contributed by atoms with Gasteiger partial charge in [-0.2, -0.15) is 5.10 Å². The maximum absolute atomic E-state index is 5.76. The molecule has 0 saturated heterocycles. The van der Waals surface area contributed by atoms with E-state index in [0.29, 0.717) is 11.6 Å². The largest absolute Gasteiger partial charge is 0.436 e. The van der Waals surface area contributed by atoms with Crippen LogP contribution in [0.2, 0.25) is 0 Å². The molecule has 96 valence electrons. The van der Waals surface area contributed by atoms with Gasteiger partial charge in [0.1, 0.15) is 0 Å². The molecular formula is C13H18N4O. The van der Waals surface area contributed by atoms with Crippen molar-refractivity contribution < 1.29 is 4.74 Å². The molecule has 2 N–H and O–H groups in total. The van der Waals surface area contributed by atoms with E-state index in [4.69, 9.17) is 10.5 Å². The molecule has 0 saturated carbocycles. The second kappa shape index (κ2) is 5.64. The highest BCUT2D eigenvalue weighted by atomic mass is 16.5. The van der Waals surface area contributed by atoms with E-state index in [9.17, 15) is 0 Å². The lowest BCUT2D eigenvalue weighted by Crippen LogP contribution is -2.05. The highest BCUT2D eigenvalue weighted by Gasteiger charge is 2.04. The zero-order chi connectivity index (χ0) is 13.0. The third-order valence-electron chi connectivity index (χ3n) is 2.57. The van der Waals surface area contributed by atoms with E-state index in [2.05, 4.69) is 17.0 Å². The average molecular weight is 246 g/mol. The summed E-state index contributed by atoms with van der Waals surface area (Å²) in [6, 6.07) is 3.72. The summed E-state index contributed by atoms with van der Waals surface area (Å²) in [5, 5.41) is 4.19. The summed E-state index contributed by atoms with van der Waals surface area (Å²) in [7, 11) is 0. The number of pyridine rings is 1. The predicted octanol–water partition coefficient (Wildman–Crippen LogP) is 2.50. The van der Waals surface area contributed by atoms with Crippen molar-refractivity contribution in [2.45, 2.75) is 32.9 Å². The molecule has 5 nitrogen and oxygen atoms in total. The van der Waals surface area contributed by atoms with E-state index in [0.717, 1.165) is 18.5 Å². The fourth-order valence-electron chi connectivity index (χ4n) is 1.59. The predicted molar refractivity (Wildman–Crippen MR) is 69.4 cm³/mol. The van der Waals surface area contributed by atoms with Crippen molar-refractivity contribution in [3.63, 3.8) is 0 Å². The number of hydrogen-bond donors (Lipinski definition) is 1. The van der Waals surface area contributed by atoms with Crippen molar-refractivity contribution in [1.29, 1.82) is 0 Å². The minimum absolute atomic E-state index is 0.0149. The first-order chi connectivity index (χ1) is 8.69. The Morgan fingerprint density at radius 1 is 1.39 bits per heavy atom. The van der Waals surface area contributed by atoms with E-state index in [1.54, 1.807) is 12.4 Å². The summed E-state index contributed by atoms with van der Waals surface area (Å²) in [5.74, 6) is 1.25. The van der Waals surface area contributed by atoms with Gasteiger partial charge in [0, 0.05) is 24.8 Å². The third kappa shape index (κ3) is 3.07. The maximum atomic E-state index is 5.76. The zero-order valence-corrected chi connectivity index (χ0v) is 10.7. The van der Waals surface area contributed by atoms with Crippen LogP contribution in [-0.2, 0) is 6.54 Å². The fourth-order valence-corrected chi connectivity index (χ4v) is 1.59. The zero-order valence-electron chi connectivity index (χ0n) is 10.7. The van der Waals surface area contributed by atoms with Crippen LogP contribution in [0.3, 0.4) is 0 Å². The van der Waals surface area contributed by atoms with Crippen LogP contribution < -0.4 is 10.5 Å². The molecule has 1 unspecified atom stereocenters. The molecule has 0 spiro atoms. The van der Waals surface area contributed by atoms with Crippen LogP contribution in [0.25, 0.3) is 0 Å². The van der Waals surface area contributed by atoms with Crippen LogP contribution in [0.15, 0.2) is 30.7 Å². The highest BCUT2D eigenvalue weighted by Crippen LogP contribution is 2.19. The molecule has 0 radical (unpaired) electrons. The minimum Gasteiger partial charge on any atom is -0.436 e. The van der Waals surface area contributed by atoms with Gasteiger partial charge in [0.05, 0.1) is 12.4 Å². The SMILES string of the molecule is CCCn1cc(Oc2ccc(C(C)N)cn2)cn1. The molecule has 0 fully saturated rings. The quantitative estimate of drug-likeness (QED) is 0.880. The molecule has 2 aromatic heterocycles. The molecule has 0 aliphatic carbocycles. The first-order valence-electron chi connectivity index (χ1n) is 6.11. The monoisotopic (exact) mass is 246 g/mol. The number of rotatable bonds is 5. The summed E-state index contributed by atoms with van der Waals surface area (Å²) >= 11 is 0. The van der Waals surface area contributed by atoms with Gasteiger partial charge in [-0.3, -0.25) is 4.68 Å². The van der Waals surface area contributed by atoms with Crippen molar-refractivity contribution in [3.05, 3.63) is 36.3 Å².